The van der Waals surface area contributed by atoms with Crippen LogP contribution in [0, 0.1) is 0 Å². The van der Waals surface area contributed by atoms with E-state index in [1.165, 1.54) is 0 Å². The van der Waals surface area contributed by atoms with Crippen LogP contribution >= 0.6 is 8.25 Å². The molecular weight excluding hydrogens is 355 g/mol. The zero-order valence-corrected chi connectivity index (χ0v) is 17.8. The summed E-state index contributed by atoms with van der Waals surface area (Å²) < 4.78 is 33.1. The maximum atomic E-state index is 11.7. The van der Waals surface area contributed by atoms with Gasteiger partial charge in [-0.2, -0.15) is 0 Å². The molecule has 0 aromatic rings. The molecule has 0 saturated heterocycles. The minimum atomic E-state index is -2.54. The highest BCUT2D eigenvalue weighted by molar-refractivity contribution is 7.33. The summed E-state index contributed by atoms with van der Waals surface area (Å²) in [4.78, 5) is 0. The van der Waals surface area contributed by atoms with Crippen molar-refractivity contribution in [2.45, 2.75) is 77.3 Å². The summed E-state index contributed by atoms with van der Waals surface area (Å²) in [7, 11) is -2.54. The van der Waals surface area contributed by atoms with Gasteiger partial charge in [0.05, 0.1) is 13.2 Å². The van der Waals surface area contributed by atoms with Gasteiger partial charge in [-0.25, -0.2) is 0 Å². The maximum Gasteiger partial charge on any atom is 0.319 e. The van der Waals surface area contributed by atoms with E-state index in [4.69, 9.17) is 30.0 Å². The van der Waals surface area contributed by atoms with Crippen LogP contribution in [0.25, 0.3) is 0 Å². The summed E-state index contributed by atoms with van der Waals surface area (Å²) in [5, 5.41) is 0. The van der Waals surface area contributed by atoms with Crippen molar-refractivity contribution in [1.29, 1.82) is 0 Å². The lowest BCUT2D eigenvalue weighted by molar-refractivity contribution is 0.122. The number of nitrogens with two attached hydrogens (primary N) is 2. The second-order valence-electron chi connectivity index (χ2n) is 6.61. The van der Waals surface area contributed by atoms with E-state index in [0.717, 1.165) is 64.6 Å². The quantitative estimate of drug-likeness (QED) is 0.240. The SMILES string of the molecule is CCCCOCCCC(N)CO[PH](=O)OCC(N)CCCOCCCC. The van der Waals surface area contributed by atoms with E-state index >= 15 is 0 Å². The Morgan fingerprint density at radius 1 is 0.731 bits per heavy atom. The van der Waals surface area contributed by atoms with E-state index in [-0.39, 0.29) is 25.3 Å². The van der Waals surface area contributed by atoms with Crippen LogP contribution in [0.5, 0.6) is 0 Å². The fraction of sp³-hybridized carbons (Fsp3) is 1.00. The standard InChI is InChI=1S/C18H41N2O5P/c1-3-5-11-22-13-7-9-17(19)15-24-26(21)25-16-18(20)10-8-14-23-12-6-4-2/h17-18,26H,3-16,19-20H2,1-2H3. The lowest BCUT2D eigenvalue weighted by Gasteiger charge is -2.14. The van der Waals surface area contributed by atoms with Crippen molar-refractivity contribution in [3.8, 4) is 0 Å². The van der Waals surface area contributed by atoms with Gasteiger partial charge >= 0.3 is 8.25 Å². The lowest BCUT2D eigenvalue weighted by atomic mass is 10.2. The molecule has 4 N–H and O–H groups in total. The predicted molar refractivity (Wildman–Crippen MR) is 107 cm³/mol. The molecule has 8 heteroatoms. The molecule has 0 aliphatic carbocycles. The molecule has 0 aliphatic rings. The molecule has 0 spiro atoms. The topological polar surface area (TPSA) is 106 Å². The first-order valence-electron chi connectivity index (χ1n) is 10.1. The molecule has 2 atom stereocenters. The van der Waals surface area contributed by atoms with E-state index in [2.05, 4.69) is 13.8 Å². The van der Waals surface area contributed by atoms with Crippen molar-refractivity contribution in [3.63, 3.8) is 0 Å². The van der Waals surface area contributed by atoms with Crippen LogP contribution in [0.4, 0.5) is 0 Å². The largest absolute Gasteiger partial charge is 0.381 e. The first-order valence-corrected chi connectivity index (χ1v) is 11.3. The molecule has 0 bridgehead atoms. The summed E-state index contributed by atoms with van der Waals surface area (Å²) in [5.74, 6) is 0. The number of unbranched alkanes of at least 4 members (excludes halogenated alkanes) is 2. The highest BCUT2D eigenvalue weighted by Crippen LogP contribution is 2.24. The molecule has 0 aromatic heterocycles. The van der Waals surface area contributed by atoms with E-state index in [1.54, 1.807) is 0 Å². The predicted octanol–water partition coefficient (Wildman–Crippen LogP) is 3.26. The monoisotopic (exact) mass is 396 g/mol. The van der Waals surface area contributed by atoms with Gasteiger partial charge in [-0.3, -0.25) is 4.57 Å². The molecule has 0 fully saturated rings. The molecule has 0 saturated carbocycles. The first kappa shape index (κ1) is 26.0. The molecule has 0 radical (unpaired) electrons. The summed E-state index contributed by atoms with van der Waals surface area (Å²) in [6.45, 7) is 7.74. The van der Waals surface area contributed by atoms with Gasteiger partial charge in [0.25, 0.3) is 0 Å². The average molecular weight is 397 g/mol. The summed E-state index contributed by atoms with van der Waals surface area (Å²) in [6.07, 6.45) is 7.75. The molecule has 0 aromatic carbocycles. The molecule has 7 nitrogen and oxygen atoms in total. The van der Waals surface area contributed by atoms with Crippen molar-refractivity contribution in [2.24, 2.45) is 11.5 Å². The highest BCUT2D eigenvalue weighted by Gasteiger charge is 2.09. The van der Waals surface area contributed by atoms with Crippen LogP contribution in [0.2, 0.25) is 0 Å². The van der Waals surface area contributed by atoms with Gasteiger partial charge in [0.1, 0.15) is 0 Å². The van der Waals surface area contributed by atoms with Crippen molar-refractivity contribution in [1.82, 2.24) is 0 Å². The molecule has 2 unspecified atom stereocenters. The Kier molecular flexibility index (Phi) is 19.7. The molecule has 26 heavy (non-hydrogen) atoms. The minimum absolute atomic E-state index is 0.156. The molecule has 0 rings (SSSR count). The Bertz CT molecular complexity index is 296. The Morgan fingerprint density at radius 2 is 1.12 bits per heavy atom. The first-order chi connectivity index (χ1) is 12.6. The fourth-order valence-electron chi connectivity index (χ4n) is 2.15. The smallest absolute Gasteiger partial charge is 0.319 e. The summed E-state index contributed by atoms with van der Waals surface area (Å²) >= 11 is 0. The van der Waals surface area contributed by atoms with Crippen LogP contribution in [0.1, 0.15) is 65.2 Å². The molecular formula is C18H41N2O5P. The van der Waals surface area contributed by atoms with Gasteiger partial charge in [-0.05, 0) is 38.5 Å². The van der Waals surface area contributed by atoms with Crippen LogP contribution in [0.3, 0.4) is 0 Å². The van der Waals surface area contributed by atoms with Crippen molar-refractivity contribution >= 4 is 8.25 Å². The Morgan fingerprint density at radius 3 is 1.50 bits per heavy atom. The van der Waals surface area contributed by atoms with E-state index in [0.29, 0.717) is 13.2 Å². The van der Waals surface area contributed by atoms with Crippen LogP contribution < -0.4 is 11.5 Å². The third-order valence-electron chi connectivity index (χ3n) is 3.84. The number of rotatable bonds is 20. The van der Waals surface area contributed by atoms with Crippen LogP contribution in [-0.4, -0.2) is 51.7 Å². The van der Waals surface area contributed by atoms with E-state index in [1.807, 2.05) is 0 Å². The van der Waals surface area contributed by atoms with Gasteiger partial charge in [-0.15, -0.1) is 0 Å². The van der Waals surface area contributed by atoms with Crippen LogP contribution in [0.15, 0.2) is 0 Å². The third-order valence-corrected chi connectivity index (χ3v) is 4.65. The lowest BCUT2D eigenvalue weighted by Crippen LogP contribution is -2.27. The second-order valence-corrected chi connectivity index (χ2v) is 7.69. The van der Waals surface area contributed by atoms with Crippen molar-refractivity contribution in [2.75, 3.05) is 39.6 Å². The van der Waals surface area contributed by atoms with Crippen molar-refractivity contribution in [3.05, 3.63) is 0 Å². The Balaban J connectivity index is 3.48. The third kappa shape index (κ3) is 18.8. The van der Waals surface area contributed by atoms with Gasteiger partial charge in [-0.1, -0.05) is 26.7 Å². The van der Waals surface area contributed by atoms with Gasteiger partial charge < -0.3 is 30.0 Å². The van der Waals surface area contributed by atoms with E-state index < -0.39 is 8.25 Å². The van der Waals surface area contributed by atoms with E-state index in [9.17, 15) is 4.57 Å². The maximum absolute atomic E-state index is 11.7. The number of ether oxygens (including phenoxy) is 2. The van der Waals surface area contributed by atoms with Gasteiger partial charge in [0, 0.05) is 38.5 Å². The minimum Gasteiger partial charge on any atom is -0.381 e. The zero-order chi connectivity index (χ0) is 19.5. The van der Waals surface area contributed by atoms with Gasteiger partial charge in [0.15, 0.2) is 0 Å². The van der Waals surface area contributed by atoms with Gasteiger partial charge in [0.2, 0.25) is 0 Å². The Hall–Kier alpha value is -0.0100. The molecule has 0 aliphatic heterocycles. The summed E-state index contributed by atoms with van der Waals surface area (Å²) in [6, 6.07) is -0.312. The second kappa shape index (κ2) is 19.7. The van der Waals surface area contributed by atoms with Crippen molar-refractivity contribution < 1.29 is 23.1 Å². The summed E-state index contributed by atoms with van der Waals surface area (Å²) in [5.41, 5.74) is 11.9. The average Bonchev–Trinajstić information content (AvgIpc) is 2.64. The fourth-order valence-corrected chi connectivity index (χ4v) is 2.93. The highest BCUT2D eigenvalue weighted by atomic mass is 31.1. The van der Waals surface area contributed by atoms with Crippen LogP contribution in [-0.2, 0) is 23.1 Å². The molecule has 158 valence electrons. The number of hydrogen-bond donors (Lipinski definition) is 2. The molecule has 0 heterocycles. The molecule has 0 amide bonds. The normalized spacial score (nSPS) is 15.1. The zero-order valence-electron chi connectivity index (χ0n) is 16.8. The number of hydrogen-bond acceptors (Lipinski definition) is 7. The Labute approximate surface area is 160 Å².